The minimum absolute atomic E-state index is 0.102. The molecule has 0 aliphatic rings. The lowest BCUT2D eigenvalue weighted by molar-refractivity contribution is 0.411. The van der Waals surface area contributed by atoms with Gasteiger partial charge in [0, 0.05) is 5.92 Å². The highest BCUT2D eigenvalue weighted by molar-refractivity contribution is 6.32. The van der Waals surface area contributed by atoms with Crippen molar-refractivity contribution in [1.82, 2.24) is 0 Å². The number of phenolic OH excluding ortho intramolecular Hbond substituents is 1. The van der Waals surface area contributed by atoms with Gasteiger partial charge in [0.25, 0.3) is 0 Å². The van der Waals surface area contributed by atoms with Crippen LogP contribution < -0.4 is 10.5 Å². The third-order valence-electron chi connectivity index (χ3n) is 3.67. The maximum atomic E-state index is 9.48. The van der Waals surface area contributed by atoms with Gasteiger partial charge in [0.1, 0.15) is 11.5 Å². The van der Waals surface area contributed by atoms with Crippen molar-refractivity contribution in [3.8, 4) is 11.5 Å². The second-order valence-corrected chi connectivity index (χ2v) is 5.56. The van der Waals surface area contributed by atoms with E-state index in [0.717, 1.165) is 23.3 Å². The topological polar surface area (TPSA) is 55.5 Å². The molecule has 0 radical (unpaired) electrons. The Morgan fingerprint density at radius 3 is 2.57 bits per heavy atom. The van der Waals surface area contributed by atoms with E-state index >= 15 is 0 Å². The molecule has 0 saturated heterocycles. The molecule has 2 aromatic carbocycles. The van der Waals surface area contributed by atoms with Crippen LogP contribution in [0.4, 0.5) is 0 Å². The number of hydrogen-bond donors (Lipinski definition) is 2. The van der Waals surface area contributed by atoms with Crippen molar-refractivity contribution in [2.75, 3.05) is 13.7 Å². The largest absolute Gasteiger partial charge is 0.506 e. The van der Waals surface area contributed by atoms with Gasteiger partial charge < -0.3 is 15.6 Å². The van der Waals surface area contributed by atoms with E-state index in [1.54, 1.807) is 19.2 Å². The van der Waals surface area contributed by atoms with Gasteiger partial charge in [0.05, 0.1) is 12.1 Å². The van der Waals surface area contributed by atoms with E-state index in [0.29, 0.717) is 11.6 Å². The SMILES string of the molecule is COc1ccc(C(CN)Cc2ccc(O)c(Cl)c2)cc1C. The Labute approximate surface area is 130 Å². The van der Waals surface area contributed by atoms with Crippen LogP contribution in [0.25, 0.3) is 0 Å². The smallest absolute Gasteiger partial charge is 0.134 e. The number of rotatable bonds is 5. The lowest BCUT2D eigenvalue weighted by Crippen LogP contribution is -2.15. The Kier molecular flexibility index (Phi) is 5.10. The van der Waals surface area contributed by atoms with Gasteiger partial charge in [-0.1, -0.05) is 29.8 Å². The van der Waals surface area contributed by atoms with Crippen LogP contribution in [0.5, 0.6) is 11.5 Å². The molecule has 0 heterocycles. The quantitative estimate of drug-likeness (QED) is 0.886. The Bertz CT molecular complexity index is 628. The molecule has 2 rings (SSSR count). The Morgan fingerprint density at radius 2 is 2.00 bits per heavy atom. The van der Waals surface area contributed by atoms with Crippen molar-refractivity contribution in [3.63, 3.8) is 0 Å². The average Bonchev–Trinajstić information content (AvgIpc) is 2.48. The van der Waals surface area contributed by atoms with Gasteiger partial charge in [-0.15, -0.1) is 0 Å². The molecule has 0 saturated carbocycles. The highest BCUT2D eigenvalue weighted by Crippen LogP contribution is 2.29. The normalized spacial score (nSPS) is 12.2. The Balaban J connectivity index is 2.23. The number of phenols is 1. The van der Waals surface area contributed by atoms with E-state index in [-0.39, 0.29) is 11.7 Å². The summed E-state index contributed by atoms with van der Waals surface area (Å²) >= 11 is 5.95. The summed E-state index contributed by atoms with van der Waals surface area (Å²) < 4.78 is 5.28. The van der Waals surface area contributed by atoms with E-state index in [1.165, 1.54) is 5.56 Å². The Morgan fingerprint density at radius 1 is 1.24 bits per heavy atom. The van der Waals surface area contributed by atoms with Crippen molar-refractivity contribution in [1.29, 1.82) is 0 Å². The standard InChI is InChI=1S/C17H20ClNO2/c1-11-7-13(4-6-17(11)21-2)14(10-19)8-12-3-5-16(20)15(18)9-12/h3-7,9,14,20H,8,10,19H2,1-2H3. The van der Waals surface area contributed by atoms with E-state index < -0.39 is 0 Å². The van der Waals surface area contributed by atoms with E-state index in [9.17, 15) is 5.11 Å². The molecule has 0 aliphatic carbocycles. The van der Waals surface area contributed by atoms with Crippen molar-refractivity contribution >= 4 is 11.6 Å². The molecule has 4 heteroatoms. The number of ether oxygens (including phenoxy) is 1. The van der Waals surface area contributed by atoms with Gasteiger partial charge in [-0.3, -0.25) is 0 Å². The molecule has 1 atom stereocenters. The number of hydrogen-bond acceptors (Lipinski definition) is 3. The molecule has 21 heavy (non-hydrogen) atoms. The Hall–Kier alpha value is -1.71. The molecule has 3 nitrogen and oxygen atoms in total. The highest BCUT2D eigenvalue weighted by atomic mass is 35.5. The third-order valence-corrected chi connectivity index (χ3v) is 3.97. The molecule has 3 N–H and O–H groups in total. The first-order valence-corrected chi connectivity index (χ1v) is 7.25. The maximum Gasteiger partial charge on any atom is 0.134 e. The fourth-order valence-corrected chi connectivity index (χ4v) is 2.66. The van der Waals surface area contributed by atoms with Crippen LogP contribution in [0.3, 0.4) is 0 Å². The van der Waals surface area contributed by atoms with Crippen LogP contribution in [0, 0.1) is 6.92 Å². The lowest BCUT2D eigenvalue weighted by Gasteiger charge is -2.17. The van der Waals surface area contributed by atoms with Gasteiger partial charge in [0.2, 0.25) is 0 Å². The zero-order valence-electron chi connectivity index (χ0n) is 12.3. The van der Waals surface area contributed by atoms with Crippen LogP contribution in [0.1, 0.15) is 22.6 Å². The van der Waals surface area contributed by atoms with Gasteiger partial charge in [-0.05, 0) is 54.8 Å². The molecule has 0 aromatic heterocycles. The van der Waals surface area contributed by atoms with Crippen LogP contribution >= 0.6 is 11.6 Å². The molecule has 0 aliphatic heterocycles. The molecule has 0 fully saturated rings. The average molecular weight is 306 g/mol. The second-order valence-electron chi connectivity index (χ2n) is 5.15. The van der Waals surface area contributed by atoms with Gasteiger partial charge in [-0.25, -0.2) is 0 Å². The van der Waals surface area contributed by atoms with Crippen LogP contribution in [0.2, 0.25) is 5.02 Å². The molecule has 1 unspecified atom stereocenters. The summed E-state index contributed by atoms with van der Waals surface area (Å²) in [6.07, 6.45) is 0.780. The minimum Gasteiger partial charge on any atom is -0.506 e. The third kappa shape index (κ3) is 3.69. The number of aryl methyl sites for hydroxylation is 1. The molecule has 112 valence electrons. The van der Waals surface area contributed by atoms with Crippen molar-refractivity contribution in [2.24, 2.45) is 5.73 Å². The van der Waals surface area contributed by atoms with Gasteiger partial charge >= 0.3 is 0 Å². The molecule has 0 bridgehead atoms. The summed E-state index contributed by atoms with van der Waals surface area (Å²) in [7, 11) is 1.67. The number of halogens is 1. The first-order chi connectivity index (χ1) is 10.0. The second kappa shape index (κ2) is 6.83. The predicted octanol–water partition coefficient (Wildman–Crippen LogP) is 3.65. The van der Waals surface area contributed by atoms with E-state index in [4.69, 9.17) is 22.1 Å². The first kappa shape index (κ1) is 15.7. The lowest BCUT2D eigenvalue weighted by atomic mass is 9.91. The van der Waals surface area contributed by atoms with Gasteiger partial charge in [-0.2, -0.15) is 0 Å². The van der Waals surface area contributed by atoms with E-state index in [2.05, 4.69) is 6.07 Å². The number of nitrogens with two attached hydrogens (primary N) is 1. The fraction of sp³-hybridized carbons (Fsp3) is 0.294. The minimum atomic E-state index is 0.102. The zero-order valence-corrected chi connectivity index (χ0v) is 13.0. The van der Waals surface area contributed by atoms with Gasteiger partial charge in [0.15, 0.2) is 0 Å². The summed E-state index contributed by atoms with van der Waals surface area (Å²) in [4.78, 5) is 0. The summed E-state index contributed by atoms with van der Waals surface area (Å²) in [5.74, 6) is 1.18. The molecule has 0 spiro atoms. The van der Waals surface area contributed by atoms with Crippen molar-refractivity contribution in [3.05, 3.63) is 58.1 Å². The van der Waals surface area contributed by atoms with Crippen LogP contribution in [-0.2, 0) is 6.42 Å². The maximum absolute atomic E-state index is 9.48. The summed E-state index contributed by atoms with van der Waals surface area (Å²) in [5, 5.41) is 9.85. The van der Waals surface area contributed by atoms with E-state index in [1.807, 2.05) is 25.1 Å². The summed E-state index contributed by atoms with van der Waals surface area (Å²) in [6.45, 7) is 2.57. The molecule has 2 aromatic rings. The number of methoxy groups -OCH3 is 1. The number of aromatic hydroxyl groups is 1. The fourth-order valence-electron chi connectivity index (χ4n) is 2.45. The predicted molar refractivity (Wildman–Crippen MR) is 86.3 cm³/mol. The van der Waals surface area contributed by atoms with Crippen LogP contribution in [-0.4, -0.2) is 18.8 Å². The zero-order chi connectivity index (χ0) is 15.4. The van der Waals surface area contributed by atoms with Crippen molar-refractivity contribution in [2.45, 2.75) is 19.3 Å². The monoisotopic (exact) mass is 305 g/mol. The summed E-state index contributed by atoms with van der Waals surface area (Å²) in [6, 6.07) is 11.4. The molecular weight excluding hydrogens is 286 g/mol. The van der Waals surface area contributed by atoms with Crippen LogP contribution in [0.15, 0.2) is 36.4 Å². The first-order valence-electron chi connectivity index (χ1n) is 6.87. The summed E-state index contributed by atoms with van der Waals surface area (Å²) in [5.41, 5.74) is 9.26. The van der Waals surface area contributed by atoms with Crippen molar-refractivity contribution < 1.29 is 9.84 Å². The highest BCUT2D eigenvalue weighted by Gasteiger charge is 2.13. The number of benzene rings is 2. The molecule has 0 amide bonds. The molecular formula is C17H20ClNO2.